The van der Waals surface area contributed by atoms with Crippen LogP contribution in [0.4, 0.5) is 19.1 Å². The maximum absolute atomic E-state index is 12.6. The third-order valence-electron chi connectivity index (χ3n) is 2.56. The Labute approximate surface area is 117 Å². The predicted molar refractivity (Wildman–Crippen MR) is 68.8 cm³/mol. The molecule has 0 bridgehead atoms. The lowest BCUT2D eigenvalue weighted by Crippen LogP contribution is -2.25. The third-order valence-corrected chi connectivity index (χ3v) is 2.56. The van der Waals surface area contributed by atoms with Gasteiger partial charge in [0.2, 0.25) is 5.95 Å². The first-order chi connectivity index (χ1) is 9.86. The van der Waals surface area contributed by atoms with Crippen molar-refractivity contribution in [2.45, 2.75) is 19.6 Å². The first kappa shape index (κ1) is 14.9. The molecule has 0 unspecified atom stereocenters. The molecule has 0 atom stereocenters. The standard InChI is InChI=1S/C12H12F3N5O/c1-8-7-9(12(13,14)15)19-10(18-8)16-4-6-20-5-2-3-17-11(20)21/h2-3,5,7H,4,6H2,1H3,(H,16,18,19). The van der Waals surface area contributed by atoms with E-state index in [0.717, 1.165) is 6.07 Å². The molecule has 0 radical (unpaired) electrons. The number of rotatable bonds is 4. The number of nitrogens with zero attached hydrogens (tertiary/aromatic N) is 4. The average molecular weight is 299 g/mol. The van der Waals surface area contributed by atoms with Gasteiger partial charge in [-0.3, -0.25) is 4.57 Å². The topological polar surface area (TPSA) is 72.7 Å². The van der Waals surface area contributed by atoms with Crippen LogP contribution in [0, 0.1) is 6.92 Å². The molecule has 0 aromatic carbocycles. The zero-order valence-electron chi connectivity index (χ0n) is 11.1. The lowest BCUT2D eigenvalue weighted by atomic mass is 10.3. The van der Waals surface area contributed by atoms with Crippen molar-refractivity contribution < 1.29 is 13.2 Å². The number of aromatic nitrogens is 4. The van der Waals surface area contributed by atoms with Crippen molar-refractivity contribution in [3.8, 4) is 0 Å². The number of hydrogen-bond donors (Lipinski definition) is 1. The van der Waals surface area contributed by atoms with Gasteiger partial charge in [0.15, 0.2) is 0 Å². The first-order valence-corrected chi connectivity index (χ1v) is 6.04. The van der Waals surface area contributed by atoms with Gasteiger partial charge >= 0.3 is 11.9 Å². The van der Waals surface area contributed by atoms with Crippen LogP contribution >= 0.6 is 0 Å². The minimum atomic E-state index is -4.52. The van der Waals surface area contributed by atoms with Crippen molar-refractivity contribution in [3.05, 3.63) is 46.4 Å². The fraction of sp³-hybridized carbons (Fsp3) is 0.333. The molecule has 1 N–H and O–H groups in total. The molecule has 6 nitrogen and oxygen atoms in total. The van der Waals surface area contributed by atoms with Gasteiger partial charge in [0, 0.05) is 31.2 Å². The quantitative estimate of drug-likeness (QED) is 0.925. The highest BCUT2D eigenvalue weighted by molar-refractivity contribution is 5.28. The minimum absolute atomic E-state index is 0.126. The molecule has 0 aliphatic carbocycles. The normalized spacial score (nSPS) is 11.4. The molecule has 0 aliphatic rings. The van der Waals surface area contributed by atoms with Crippen molar-refractivity contribution in [2.24, 2.45) is 0 Å². The first-order valence-electron chi connectivity index (χ1n) is 6.04. The molecule has 112 valence electrons. The van der Waals surface area contributed by atoms with E-state index in [1.807, 2.05) is 0 Å². The molecular formula is C12H12F3N5O. The number of alkyl halides is 3. The van der Waals surface area contributed by atoms with E-state index in [0.29, 0.717) is 0 Å². The molecule has 0 saturated carbocycles. The monoisotopic (exact) mass is 299 g/mol. The molecule has 9 heteroatoms. The van der Waals surface area contributed by atoms with Crippen LogP contribution in [0.2, 0.25) is 0 Å². The van der Waals surface area contributed by atoms with Gasteiger partial charge in [0.1, 0.15) is 5.69 Å². The van der Waals surface area contributed by atoms with Gasteiger partial charge in [0.25, 0.3) is 0 Å². The molecule has 0 fully saturated rings. The largest absolute Gasteiger partial charge is 0.433 e. The van der Waals surface area contributed by atoms with E-state index in [2.05, 4.69) is 20.3 Å². The molecule has 2 rings (SSSR count). The van der Waals surface area contributed by atoms with Gasteiger partial charge < -0.3 is 5.32 Å². The summed E-state index contributed by atoms with van der Waals surface area (Å²) in [6, 6.07) is 2.46. The van der Waals surface area contributed by atoms with Crippen LogP contribution in [0.1, 0.15) is 11.4 Å². The van der Waals surface area contributed by atoms with E-state index in [-0.39, 0.29) is 24.7 Å². The van der Waals surface area contributed by atoms with Crippen molar-refractivity contribution in [1.29, 1.82) is 0 Å². The van der Waals surface area contributed by atoms with Gasteiger partial charge in [-0.2, -0.15) is 13.2 Å². The Balaban J connectivity index is 2.05. The van der Waals surface area contributed by atoms with Crippen LogP contribution in [0.3, 0.4) is 0 Å². The van der Waals surface area contributed by atoms with Gasteiger partial charge in [-0.15, -0.1) is 0 Å². The van der Waals surface area contributed by atoms with E-state index in [1.165, 1.54) is 23.9 Å². The second kappa shape index (κ2) is 5.90. The van der Waals surface area contributed by atoms with Gasteiger partial charge in [-0.05, 0) is 19.1 Å². The Kier molecular flexibility index (Phi) is 4.20. The van der Waals surface area contributed by atoms with Crippen LogP contribution < -0.4 is 11.0 Å². The van der Waals surface area contributed by atoms with Crippen molar-refractivity contribution >= 4 is 5.95 Å². The maximum Gasteiger partial charge on any atom is 0.433 e. The van der Waals surface area contributed by atoms with Crippen LogP contribution in [0.15, 0.2) is 29.3 Å². The van der Waals surface area contributed by atoms with Gasteiger partial charge in [-0.1, -0.05) is 0 Å². The van der Waals surface area contributed by atoms with Crippen LogP contribution in [0.25, 0.3) is 0 Å². The summed E-state index contributed by atoms with van der Waals surface area (Å²) in [6.07, 6.45) is -1.62. The molecule has 2 aromatic rings. The van der Waals surface area contributed by atoms with E-state index in [4.69, 9.17) is 0 Å². The van der Waals surface area contributed by atoms with Crippen LogP contribution in [0.5, 0.6) is 0 Å². The summed E-state index contributed by atoms with van der Waals surface area (Å²) in [5.41, 5.74) is -1.23. The molecule has 2 heterocycles. The highest BCUT2D eigenvalue weighted by atomic mass is 19.4. The fourth-order valence-electron chi connectivity index (χ4n) is 1.64. The fourth-order valence-corrected chi connectivity index (χ4v) is 1.64. The molecular weight excluding hydrogens is 287 g/mol. The third kappa shape index (κ3) is 4.01. The maximum atomic E-state index is 12.6. The number of aryl methyl sites for hydroxylation is 1. The number of nitrogens with one attached hydrogen (secondary N) is 1. The molecule has 0 saturated heterocycles. The summed E-state index contributed by atoms with van der Waals surface area (Å²) >= 11 is 0. The van der Waals surface area contributed by atoms with E-state index >= 15 is 0 Å². The second-order valence-corrected chi connectivity index (χ2v) is 4.24. The summed E-state index contributed by atoms with van der Waals surface area (Å²) in [5.74, 6) is -0.126. The Morgan fingerprint density at radius 1 is 1.33 bits per heavy atom. The van der Waals surface area contributed by atoms with E-state index < -0.39 is 17.6 Å². The lowest BCUT2D eigenvalue weighted by Gasteiger charge is -2.10. The van der Waals surface area contributed by atoms with Crippen molar-refractivity contribution in [1.82, 2.24) is 19.5 Å². The second-order valence-electron chi connectivity index (χ2n) is 4.24. The number of halogens is 3. The Morgan fingerprint density at radius 2 is 2.10 bits per heavy atom. The highest BCUT2D eigenvalue weighted by Gasteiger charge is 2.33. The zero-order chi connectivity index (χ0) is 15.5. The van der Waals surface area contributed by atoms with Crippen molar-refractivity contribution in [2.75, 3.05) is 11.9 Å². The molecule has 2 aromatic heterocycles. The predicted octanol–water partition coefficient (Wildman–Crippen LogP) is 1.47. The average Bonchev–Trinajstić information content (AvgIpc) is 2.39. The van der Waals surface area contributed by atoms with E-state index in [1.54, 1.807) is 6.07 Å². The number of anilines is 1. The van der Waals surface area contributed by atoms with E-state index in [9.17, 15) is 18.0 Å². The van der Waals surface area contributed by atoms with Gasteiger partial charge in [0.05, 0.1) is 0 Å². The van der Waals surface area contributed by atoms with Crippen LogP contribution in [-0.2, 0) is 12.7 Å². The summed E-state index contributed by atoms with van der Waals surface area (Å²) in [5, 5.41) is 2.66. The smallest absolute Gasteiger partial charge is 0.352 e. The Hall–Kier alpha value is -2.45. The zero-order valence-corrected chi connectivity index (χ0v) is 11.1. The molecule has 0 aliphatic heterocycles. The number of hydrogen-bond acceptors (Lipinski definition) is 5. The summed E-state index contributed by atoms with van der Waals surface area (Å²) in [7, 11) is 0. The lowest BCUT2D eigenvalue weighted by molar-refractivity contribution is -0.141. The SMILES string of the molecule is Cc1cc(C(F)(F)F)nc(NCCn2cccnc2=O)n1. The summed E-state index contributed by atoms with van der Waals surface area (Å²) in [6.45, 7) is 1.89. The summed E-state index contributed by atoms with van der Waals surface area (Å²) < 4.78 is 39.2. The summed E-state index contributed by atoms with van der Waals surface area (Å²) in [4.78, 5) is 22.2. The molecule has 21 heavy (non-hydrogen) atoms. The van der Waals surface area contributed by atoms with Crippen LogP contribution in [-0.4, -0.2) is 26.1 Å². The molecule has 0 amide bonds. The van der Waals surface area contributed by atoms with Crippen molar-refractivity contribution in [3.63, 3.8) is 0 Å². The Bertz CT molecular complexity index is 683. The minimum Gasteiger partial charge on any atom is -0.352 e. The van der Waals surface area contributed by atoms with Gasteiger partial charge in [-0.25, -0.2) is 19.7 Å². The highest BCUT2D eigenvalue weighted by Crippen LogP contribution is 2.28. The molecule has 0 spiro atoms. The Morgan fingerprint density at radius 3 is 2.76 bits per heavy atom.